The molecular formula is C28H24Cl2N2O5S2. The van der Waals surface area contributed by atoms with Gasteiger partial charge in [0.15, 0.2) is 11.5 Å². The Morgan fingerprint density at radius 1 is 1.05 bits per heavy atom. The van der Waals surface area contributed by atoms with E-state index in [0.29, 0.717) is 39.4 Å². The first-order valence-corrected chi connectivity index (χ1v) is 14.6. The lowest BCUT2D eigenvalue weighted by molar-refractivity contribution is -0.127. The average Bonchev–Trinajstić information content (AvgIpc) is 3.16. The van der Waals surface area contributed by atoms with Gasteiger partial charge in [-0.15, -0.1) is 11.8 Å². The summed E-state index contributed by atoms with van der Waals surface area (Å²) in [5, 5.41) is 3.26. The van der Waals surface area contributed by atoms with Crippen LogP contribution < -0.4 is 14.8 Å². The molecule has 3 aromatic carbocycles. The molecule has 1 aliphatic rings. The molecule has 3 amide bonds. The summed E-state index contributed by atoms with van der Waals surface area (Å²) in [4.78, 5) is 40.2. The molecule has 1 N–H and O–H groups in total. The van der Waals surface area contributed by atoms with Gasteiger partial charge in [0.2, 0.25) is 5.91 Å². The largest absolute Gasteiger partial charge is 0.490 e. The van der Waals surface area contributed by atoms with Crippen LogP contribution in [-0.2, 0) is 16.2 Å². The standard InChI is InChI=1S/C28H24Cl2N2O5S2/c1-3-36-24-11-17(7-10-23(24)37-16-18-8-9-19(29)13-22(18)30)12-25-27(34)32(28(35)39-25)15-26(33)31-20-5-4-6-21(14-20)38-2/h4-14H,3,15-16H2,1-2H3,(H,31,33)/b25-12+. The Morgan fingerprint density at radius 3 is 2.62 bits per heavy atom. The maximum absolute atomic E-state index is 13.0. The third kappa shape index (κ3) is 7.51. The van der Waals surface area contributed by atoms with E-state index in [1.807, 2.05) is 31.4 Å². The van der Waals surface area contributed by atoms with Crippen LogP contribution in [0.1, 0.15) is 18.1 Å². The topological polar surface area (TPSA) is 84.9 Å². The molecule has 0 unspecified atom stereocenters. The van der Waals surface area contributed by atoms with Crippen LogP contribution in [0.5, 0.6) is 11.5 Å². The maximum Gasteiger partial charge on any atom is 0.294 e. The smallest absolute Gasteiger partial charge is 0.294 e. The zero-order valence-electron chi connectivity index (χ0n) is 21.0. The Morgan fingerprint density at radius 2 is 1.87 bits per heavy atom. The molecule has 0 atom stereocenters. The Kier molecular flexibility index (Phi) is 9.85. The molecule has 0 saturated carbocycles. The maximum atomic E-state index is 13.0. The molecule has 0 spiro atoms. The molecule has 0 bridgehead atoms. The second kappa shape index (κ2) is 13.3. The van der Waals surface area contributed by atoms with Crippen molar-refractivity contribution in [3.63, 3.8) is 0 Å². The number of thioether (sulfide) groups is 2. The van der Waals surface area contributed by atoms with Crippen molar-refractivity contribution in [3.8, 4) is 11.5 Å². The van der Waals surface area contributed by atoms with Gasteiger partial charge in [-0.3, -0.25) is 19.3 Å². The number of hydrogen-bond acceptors (Lipinski definition) is 7. The zero-order chi connectivity index (χ0) is 27.9. The van der Waals surface area contributed by atoms with Crippen LogP contribution in [0.25, 0.3) is 6.08 Å². The van der Waals surface area contributed by atoms with Crippen molar-refractivity contribution >= 4 is 75.5 Å². The van der Waals surface area contributed by atoms with E-state index in [2.05, 4.69) is 5.32 Å². The lowest BCUT2D eigenvalue weighted by atomic mass is 10.1. The van der Waals surface area contributed by atoms with Crippen LogP contribution >= 0.6 is 46.7 Å². The van der Waals surface area contributed by atoms with Gasteiger partial charge in [-0.2, -0.15) is 0 Å². The van der Waals surface area contributed by atoms with Gasteiger partial charge < -0.3 is 14.8 Å². The first kappa shape index (κ1) is 28.9. The Hall–Kier alpha value is -3.11. The lowest BCUT2D eigenvalue weighted by Gasteiger charge is -2.14. The van der Waals surface area contributed by atoms with Gasteiger partial charge >= 0.3 is 0 Å². The number of hydrogen-bond donors (Lipinski definition) is 1. The molecular weight excluding hydrogens is 579 g/mol. The van der Waals surface area contributed by atoms with Crippen molar-refractivity contribution in [2.24, 2.45) is 0 Å². The van der Waals surface area contributed by atoms with E-state index in [0.717, 1.165) is 27.1 Å². The number of amides is 3. The fourth-order valence-corrected chi connectivity index (χ4v) is 5.39. The van der Waals surface area contributed by atoms with Crippen molar-refractivity contribution in [1.29, 1.82) is 0 Å². The van der Waals surface area contributed by atoms with Crippen molar-refractivity contribution in [2.75, 3.05) is 24.7 Å². The number of nitrogens with one attached hydrogen (secondary N) is 1. The predicted molar refractivity (Wildman–Crippen MR) is 158 cm³/mol. The van der Waals surface area contributed by atoms with E-state index in [4.69, 9.17) is 32.7 Å². The summed E-state index contributed by atoms with van der Waals surface area (Å²) in [5.41, 5.74) is 2.00. The highest BCUT2D eigenvalue weighted by Gasteiger charge is 2.36. The first-order chi connectivity index (χ1) is 18.8. The summed E-state index contributed by atoms with van der Waals surface area (Å²) in [6, 6.07) is 17.7. The number of carbonyl (C=O) groups excluding carboxylic acids is 3. The van der Waals surface area contributed by atoms with Crippen molar-refractivity contribution in [1.82, 2.24) is 4.90 Å². The molecule has 7 nitrogen and oxygen atoms in total. The third-order valence-electron chi connectivity index (χ3n) is 5.49. The molecule has 0 aromatic heterocycles. The molecule has 1 aliphatic heterocycles. The summed E-state index contributed by atoms with van der Waals surface area (Å²) in [6.07, 6.45) is 3.52. The number of halogens is 2. The number of benzene rings is 3. The van der Waals surface area contributed by atoms with Crippen LogP contribution in [0.2, 0.25) is 10.0 Å². The van der Waals surface area contributed by atoms with Crippen molar-refractivity contribution < 1.29 is 23.9 Å². The van der Waals surface area contributed by atoms with Gasteiger partial charge in [-0.1, -0.05) is 41.4 Å². The Bertz CT molecular complexity index is 1450. The van der Waals surface area contributed by atoms with Crippen molar-refractivity contribution in [3.05, 3.63) is 86.7 Å². The number of imide groups is 1. The Labute approximate surface area is 244 Å². The highest BCUT2D eigenvalue weighted by atomic mass is 35.5. The number of rotatable bonds is 10. The first-order valence-electron chi connectivity index (χ1n) is 11.8. The minimum Gasteiger partial charge on any atom is -0.490 e. The fourth-order valence-electron chi connectivity index (χ4n) is 3.63. The van der Waals surface area contributed by atoms with E-state index < -0.39 is 17.1 Å². The number of nitrogens with zero attached hydrogens (tertiary/aromatic N) is 1. The second-order valence-electron chi connectivity index (χ2n) is 8.21. The highest BCUT2D eigenvalue weighted by Crippen LogP contribution is 2.35. The Balaban J connectivity index is 1.45. The minimum absolute atomic E-state index is 0.206. The van der Waals surface area contributed by atoms with Gasteiger partial charge in [0.05, 0.1) is 11.5 Å². The van der Waals surface area contributed by atoms with Gasteiger partial charge in [-0.25, -0.2) is 0 Å². The highest BCUT2D eigenvalue weighted by molar-refractivity contribution is 8.18. The van der Waals surface area contributed by atoms with Gasteiger partial charge in [-0.05, 0) is 79.0 Å². The van der Waals surface area contributed by atoms with E-state index in [-0.39, 0.29) is 18.1 Å². The average molecular weight is 604 g/mol. The molecule has 39 heavy (non-hydrogen) atoms. The normalized spacial score (nSPS) is 14.2. The molecule has 1 fully saturated rings. The molecule has 202 valence electrons. The monoisotopic (exact) mass is 602 g/mol. The SMILES string of the molecule is CCOc1cc(/C=C2/SC(=O)N(CC(=O)Nc3cccc(SC)c3)C2=O)ccc1OCc1ccc(Cl)cc1Cl. The summed E-state index contributed by atoms with van der Waals surface area (Å²) < 4.78 is 11.7. The molecule has 11 heteroatoms. The predicted octanol–water partition coefficient (Wildman–Crippen LogP) is 7.37. The van der Waals surface area contributed by atoms with Gasteiger partial charge in [0.25, 0.3) is 11.1 Å². The van der Waals surface area contributed by atoms with Gasteiger partial charge in [0.1, 0.15) is 13.2 Å². The van der Waals surface area contributed by atoms with Crippen LogP contribution in [-0.4, -0.2) is 41.4 Å². The zero-order valence-corrected chi connectivity index (χ0v) is 24.2. The molecule has 0 radical (unpaired) electrons. The van der Waals surface area contributed by atoms with Crippen LogP contribution in [0.3, 0.4) is 0 Å². The molecule has 1 saturated heterocycles. The lowest BCUT2D eigenvalue weighted by Crippen LogP contribution is -2.36. The van der Waals surface area contributed by atoms with E-state index in [1.54, 1.807) is 60.3 Å². The van der Waals surface area contributed by atoms with Crippen LogP contribution in [0, 0.1) is 0 Å². The summed E-state index contributed by atoms with van der Waals surface area (Å²) in [6.45, 7) is 2.07. The number of carbonyl (C=O) groups is 3. The third-order valence-corrected chi connectivity index (χ3v) is 7.71. The molecule has 1 heterocycles. The minimum atomic E-state index is -0.534. The van der Waals surface area contributed by atoms with E-state index in [9.17, 15) is 14.4 Å². The molecule has 0 aliphatic carbocycles. The van der Waals surface area contributed by atoms with Crippen LogP contribution in [0.15, 0.2) is 70.5 Å². The van der Waals surface area contributed by atoms with Crippen molar-refractivity contribution in [2.45, 2.75) is 18.4 Å². The summed E-state index contributed by atoms with van der Waals surface area (Å²) in [7, 11) is 0. The fraction of sp³-hybridized carbons (Fsp3) is 0.179. The molecule has 3 aromatic rings. The molecule has 4 rings (SSSR count). The number of anilines is 1. The van der Waals surface area contributed by atoms with E-state index >= 15 is 0 Å². The van der Waals surface area contributed by atoms with Crippen LogP contribution in [0.4, 0.5) is 10.5 Å². The quantitative estimate of drug-likeness (QED) is 0.191. The summed E-state index contributed by atoms with van der Waals surface area (Å²) >= 11 is 14.5. The van der Waals surface area contributed by atoms with Gasteiger partial charge in [0, 0.05) is 26.2 Å². The van der Waals surface area contributed by atoms with E-state index in [1.165, 1.54) is 0 Å². The second-order valence-corrected chi connectivity index (χ2v) is 10.9. The summed E-state index contributed by atoms with van der Waals surface area (Å²) in [5.74, 6) is -0.0239. The number of ether oxygens (including phenoxy) is 2.